The summed E-state index contributed by atoms with van der Waals surface area (Å²) in [5.74, 6) is 1.45. The van der Waals surface area contributed by atoms with E-state index in [-0.39, 0.29) is 18.2 Å². The Hall–Kier alpha value is -3.68. The van der Waals surface area contributed by atoms with Gasteiger partial charge in [-0.1, -0.05) is 36.0 Å². The smallest absolute Gasteiger partial charge is 0.231 e. The molecule has 136 valence electrons. The van der Waals surface area contributed by atoms with Crippen LogP contribution in [0.1, 0.15) is 22.3 Å². The number of benzene rings is 2. The minimum atomic E-state index is 0.121. The van der Waals surface area contributed by atoms with Crippen molar-refractivity contribution in [2.75, 3.05) is 12.5 Å². The molecule has 0 saturated heterocycles. The number of fused-ring (bicyclic) bond motifs is 1. The molecule has 0 unspecified atom stereocenters. The Morgan fingerprint density at radius 2 is 1.75 bits per heavy atom. The number of nitrogen functional groups attached to an aromatic ring is 1. The minimum Gasteiger partial charge on any atom is -0.454 e. The number of hydrogen-bond donors (Lipinski definition) is 1. The third-order valence-electron chi connectivity index (χ3n) is 4.29. The van der Waals surface area contributed by atoms with Crippen LogP contribution in [0, 0.1) is 22.7 Å². The zero-order valence-corrected chi connectivity index (χ0v) is 15.5. The number of nitriles is 2. The van der Waals surface area contributed by atoms with Crippen LogP contribution in [0.2, 0.25) is 0 Å². The second kappa shape index (κ2) is 7.51. The van der Waals surface area contributed by atoms with Crippen LogP contribution in [-0.2, 0) is 6.42 Å². The zero-order valence-electron chi connectivity index (χ0n) is 14.7. The van der Waals surface area contributed by atoms with Gasteiger partial charge in [0.25, 0.3) is 0 Å². The summed E-state index contributed by atoms with van der Waals surface area (Å²) in [7, 11) is 0. The first-order chi connectivity index (χ1) is 13.7. The van der Waals surface area contributed by atoms with Crippen LogP contribution in [-0.4, -0.2) is 11.8 Å². The van der Waals surface area contributed by atoms with Gasteiger partial charge >= 0.3 is 0 Å². The number of nitrogens with two attached hydrogens (primary N) is 1. The zero-order chi connectivity index (χ0) is 19.5. The van der Waals surface area contributed by atoms with Crippen LogP contribution < -0.4 is 15.2 Å². The molecule has 2 aromatic carbocycles. The molecule has 0 radical (unpaired) electrons. The van der Waals surface area contributed by atoms with E-state index >= 15 is 0 Å². The highest BCUT2D eigenvalue weighted by molar-refractivity contribution is 7.99. The van der Waals surface area contributed by atoms with Gasteiger partial charge in [0.05, 0.1) is 11.1 Å². The van der Waals surface area contributed by atoms with Crippen molar-refractivity contribution >= 4 is 17.6 Å². The lowest BCUT2D eigenvalue weighted by Crippen LogP contribution is -2.06. The van der Waals surface area contributed by atoms with E-state index in [1.165, 1.54) is 11.8 Å². The Kier molecular flexibility index (Phi) is 4.76. The lowest BCUT2D eigenvalue weighted by molar-refractivity contribution is 0.174. The average molecular weight is 386 g/mol. The summed E-state index contributed by atoms with van der Waals surface area (Å²) in [4.78, 5) is 5.26. The fourth-order valence-electron chi connectivity index (χ4n) is 2.98. The van der Waals surface area contributed by atoms with Crippen LogP contribution in [0.5, 0.6) is 11.5 Å². The number of pyridine rings is 1. The number of hydrogen-bond acceptors (Lipinski definition) is 7. The van der Waals surface area contributed by atoms with E-state index < -0.39 is 0 Å². The molecular weight excluding hydrogens is 372 g/mol. The SMILES string of the molecule is N#Cc1c(N)nc(Sc2ccccc2)c(C#N)c1Cc1ccc2c(c1)OCO2. The highest BCUT2D eigenvalue weighted by Crippen LogP contribution is 2.36. The van der Waals surface area contributed by atoms with Crippen LogP contribution >= 0.6 is 11.8 Å². The molecular formula is C21H14N4O2S. The first kappa shape index (κ1) is 17.7. The average Bonchev–Trinajstić information content (AvgIpc) is 3.17. The molecule has 0 atom stereocenters. The van der Waals surface area contributed by atoms with Gasteiger partial charge in [-0.25, -0.2) is 4.98 Å². The molecule has 0 amide bonds. The molecule has 28 heavy (non-hydrogen) atoms. The number of anilines is 1. The van der Waals surface area contributed by atoms with Gasteiger partial charge in [0.2, 0.25) is 6.79 Å². The fraction of sp³-hybridized carbons (Fsp3) is 0.0952. The molecule has 0 fully saturated rings. The van der Waals surface area contributed by atoms with Gasteiger partial charge < -0.3 is 15.2 Å². The van der Waals surface area contributed by atoms with E-state index in [9.17, 15) is 10.5 Å². The molecule has 4 rings (SSSR count). The number of nitrogens with zero attached hydrogens (tertiary/aromatic N) is 3. The molecule has 0 aliphatic carbocycles. The van der Waals surface area contributed by atoms with Gasteiger partial charge in [0.15, 0.2) is 11.5 Å². The molecule has 1 aliphatic rings. The Bertz CT molecular complexity index is 1130. The fourth-order valence-corrected chi connectivity index (χ4v) is 3.91. The Morgan fingerprint density at radius 3 is 2.50 bits per heavy atom. The lowest BCUT2D eigenvalue weighted by atomic mass is 9.97. The van der Waals surface area contributed by atoms with E-state index in [4.69, 9.17) is 15.2 Å². The first-order valence-electron chi connectivity index (χ1n) is 8.43. The van der Waals surface area contributed by atoms with Gasteiger partial charge in [0, 0.05) is 11.3 Å². The maximum Gasteiger partial charge on any atom is 0.231 e. The van der Waals surface area contributed by atoms with Gasteiger partial charge in [-0.05, 0) is 35.4 Å². The van der Waals surface area contributed by atoms with Crippen molar-refractivity contribution in [1.29, 1.82) is 10.5 Å². The maximum absolute atomic E-state index is 9.82. The molecule has 6 nitrogen and oxygen atoms in total. The van der Waals surface area contributed by atoms with E-state index in [0.717, 1.165) is 10.5 Å². The van der Waals surface area contributed by atoms with Gasteiger partial charge in [-0.15, -0.1) is 0 Å². The quantitative estimate of drug-likeness (QED) is 0.725. The van der Waals surface area contributed by atoms with E-state index in [1.807, 2.05) is 48.5 Å². The normalized spacial score (nSPS) is 11.6. The minimum absolute atomic E-state index is 0.121. The second-order valence-electron chi connectivity index (χ2n) is 6.03. The summed E-state index contributed by atoms with van der Waals surface area (Å²) in [6, 6.07) is 19.5. The number of ether oxygens (including phenoxy) is 2. The second-order valence-corrected chi connectivity index (χ2v) is 7.10. The molecule has 1 aromatic heterocycles. The summed E-state index contributed by atoms with van der Waals surface area (Å²) in [5, 5.41) is 19.9. The number of aromatic nitrogens is 1. The third-order valence-corrected chi connectivity index (χ3v) is 5.29. The summed E-state index contributed by atoms with van der Waals surface area (Å²) < 4.78 is 10.8. The van der Waals surface area contributed by atoms with Gasteiger partial charge in [0.1, 0.15) is 23.0 Å². The summed E-state index contributed by atoms with van der Waals surface area (Å²) in [6.07, 6.45) is 0.359. The predicted octanol–water partition coefficient (Wildman–Crippen LogP) is 3.88. The highest BCUT2D eigenvalue weighted by atomic mass is 32.2. The summed E-state index contributed by atoms with van der Waals surface area (Å²) >= 11 is 1.35. The van der Waals surface area contributed by atoms with Crippen LogP contribution in [0.25, 0.3) is 0 Å². The molecule has 3 aromatic rings. The Balaban J connectivity index is 1.78. The molecule has 0 bridgehead atoms. The van der Waals surface area contributed by atoms with Crippen molar-refractivity contribution in [1.82, 2.24) is 4.98 Å². The molecule has 1 aliphatic heterocycles. The van der Waals surface area contributed by atoms with Crippen LogP contribution in [0.4, 0.5) is 5.82 Å². The predicted molar refractivity (Wildman–Crippen MR) is 104 cm³/mol. The van der Waals surface area contributed by atoms with Crippen LogP contribution in [0.3, 0.4) is 0 Å². The van der Waals surface area contributed by atoms with Gasteiger partial charge in [-0.2, -0.15) is 10.5 Å². The standard InChI is InChI=1S/C21H14N4O2S/c22-10-16-15(8-13-6-7-18-19(9-13)27-12-26-18)17(11-23)21(25-20(16)24)28-14-4-2-1-3-5-14/h1-7,9H,8,12H2,(H2,24,25). The van der Waals surface area contributed by atoms with Crippen LogP contribution in [0.15, 0.2) is 58.5 Å². The number of rotatable bonds is 4. The summed E-state index contributed by atoms with van der Waals surface area (Å²) in [5.41, 5.74) is 8.09. The molecule has 2 heterocycles. The topological polar surface area (TPSA) is 105 Å². The first-order valence-corrected chi connectivity index (χ1v) is 9.25. The van der Waals surface area contributed by atoms with Gasteiger partial charge in [-0.3, -0.25) is 0 Å². The van der Waals surface area contributed by atoms with Crippen molar-refractivity contribution in [3.8, 4) is 23.6 Å². The molecule has 7 heteroatoms. The van der Waals surface area contributed by atoms with E-state index in [1.54, 1.807) is 0 Å². The Labute approximate surface area is 166 Å². The van der Waals surface area contributed by atoms with E-state index in [0.29, 0.717) is 34.1 Å². The van der Waals surface area contributed by atoms with E-state index in [2.05, 4.69) is 17.1 Å². The van der Waals surface area contributed by atoms with Crippen molar-refractivity contribution in [2.45, 2.75) is 16.3 Å². The van der Waals surface area contributed by atoms with Crippen molar-refractivity contribution in [3.63, 3.8) is 0 Å². The summed E-state index contributed by atoms with van der Waals surface area (Å²) in [6.45, 7) is 0.186. The third kappa shape index (κ3) is 3.32. The molecule has 0 saturated carbocycles. The molecule has 0 spiro atoms. The Morgan fingerprint density at radius 1 is 1.00 bits per heavy atom. The lowest BCUT2D eigenvalue weighted by Gasteiger charge is -2.13. The van der Waals surface area contributed by atoms with Crippen molar-refractivity contribution < 1.29 is 9.47 Å². The molecule has 2 N–H and O–H groups in total. The maximum atomic E-state index is 9.82. The highest BCUT2D eigenvalue weighted by Gasteiger charge is 2.21. The largest absolute Gasteiger partial charge is 0.454 e. The van der Waals surface area contributed by atoms with Crippen molar-refractivity contribution in [3.05, 3.63) is 70.8 Å². The van der Waals surface area contributed by atoms with Crippen molar-refractivity contribution in [2.24, 2.45) is 0 Å². The monoisotopic (exact) mass is 386 g/mol.